The predicted octanol–water partition coefficient (Wildman–Crippen LogP) is 3.18. The van der Waals surface area contributed by atoms with E-state index in [1.807, 2.05) is 6.07 Å². The molecule has 7 heteroatoms. The number of alkyl halides is 2. The van der Waals surface area contributed by atoms with Gasteiger partial charge in [0, 0.05) is 37.8 Å². The van der Waals surface area contributed by atoms with E-state index in [4.69, 9.17) is 4.74 Å². The molecule has 3 aliphatic rings. The van der Waals surface area contributed by atoms with Gasteiger partial charge in [-0.3, -0.25) is 4.90 Å². The fourth-order valence-corrected chi connectivity index (χ4v) is 3.39. The number of nitrogens with zero attached hydrogens (tertiary/aromatic N) is 1. The van der Waals surface area contributed by atoms with Gasteiger partial charge in [0.25, 0.3) is 0 Å². The standard InChI is InChI=1S/C16H20F2N2O2.ClH/c17-16(18)21-14-3-1-2-12(15(14)22-16)13(10-11-4-5-11)20-8-6-19-7-9-20;/h1-3,11,13,19H,4-10H2;1H/t13-;/m1./s1. The topological polar surface area (TPSA) is 33.7 Å². The van der Waals surface area contributed by atoms with Crippen molar-refractivity contribution in [2.24, 2.45) is 5.92 Å². The first kappa shape index (κ1) is 16.7. The van der Waals surface area contributed by atoms with Crippen molar-refractivity contribution in [2.75, 3.05) is 26.2 Å². The number of para-hydroxylation sites is 1. The van der Waals surface area contributed by atoms with Gasteiger partial charge >= 0.3 is 6.29 Å². The molecule has 1 saturated heterocycles. The van der Waals surface area contributed by atoms with E-state index in [0.29, 0.717) is 5.92 Å². The molecule has 1 saturated carbocycles. The Labute approximate surface area is 140 Å². The third-order valence-electron chi connectivity index (χ3n) is 4.66. The highest BCUT2D eigenvalue weighted by atomic mass is 35.5. The van der Waals surface area contributed by atoms with Crippen LogP contribution in [-0.4, -0.2) is 37.4 Å². The smallest absolute Gasteiger partial charge is 0.395 e. The molecule has 2 aliphatic heterocycles. The zero-order valence-electron chi connectivity index (χ0n) is 12.8. The van der Waals surface area contributed by atoms with Crippen LogP contribution in [0.1, 0.15) is 30.9 Å². The van der Waals surface area contributed by atoms with E-state index in [1.54, 1.807) is 12.1 Å². The highest BCUT2D eigenvalue weighted by Gasteiger charge is 2.46. The Morgan fingerprint density at radius 2 is 1.96 bits per heavy atom. The summed E-state index contributed by atoms with van der Waals surface area (Å²) in [5.74, 6) is 1.08. The van der Waals surface area contributed by atoms with Gasteiger partial charge in [0.2, 0.25) is 0 Å². The lowest BCUT2D eigenvalue weighted by Crippen LogP contribution is -2.45. The summed E-state index contributed by atoms with van der Waals surface area (Å²) in [4.78, 5) is 2.38. The van der Waals surface area contributed by atoms with Crippen molar-refractivity contribution in [1.29, 1.82) is 0 Å². The normalized spacial score (nSPS) is 24.1. The lowest BCUT2D eigenvalue weighted by Gasteiger charge is -2.35. The van der Waals surface area contributed by atoms with Gasteiger partial charge in [-0.1, -0.05) is 25.0 Å². The zero-order valence-corrected chi connectivity index (χ0v) is 13.6. The van der Waals surface area contributed by atoms with E-state index < -0.39 is 6.29 Å². The SMILES string of the molecule is Cl.FC1(F)Oc2cccc([C@@H](CC3CC3)N3CCNCC3)c2O1. The van der Waals surface area contributed by atoms with Crippen molar-refractivity contribution in [2.45, 2.75) is 31.6 Å². The number of rotatable bonds is 4. The molecule has 1 N–H and O–H groups in total. The Hall–Kier alpha value is -1.11. The van der Waals surface area contributed by atoms with Crippen molar-refractivity contribution in [3.8, 4) is 11.5 Å². The molecule has 0 bridgehead atoms. The van der Waals surface area contributed by atoms with Gasteiger partial charge in [-0.2, -0.15) is 0 Å². The molecule has 0 unspecified atom stereocenters. The average molecular weight is 347 g/mol. The number of piperazine rings is 1. The minimum absolute atomic E-state index is 0. The molecule has 2 fully saturated rings. The van der Waals surface area contributed by atoms with E-state index >= 15 is 0 Å². The lowest BCUT2D eigenvalue weighted by molar-refractivity contribution is -0.287. The Balaban J connectivity index is 0.00000156. The van der Waals surface area contributed by atoms with E-state index in [9.17, 15) is 8.78 Å². The summed E-state index contributed by atoms with van der Waals surface area (Å²) in [5.41, 5.74) is 0.837. The average Bonchev–Trinajstić information content (AvgIpc) is 3.26. The Bertz CT molecular complexity index is 563. The highest BCUT2D eigenvalue weighted by molar-refractivity contribution is 5.85. The van der Waals surface area contributed by atoms with Gasteiger partial charge in [0.1, 0.15) is 0 Å². The molecule has 0 aromatic heterocycles. The highest BCUT2D eigenvalue weighted by Crippen LogP contribution is 2.49. The van der Waals surface area contributed by atoms with Gasteiger partial charge in [-0.05, 0) is 18.4 Å². The maximum absolute atomic E-state index is 13.4. The number of hydrogen-bond acceptors (Lipinski definition) is 4. The van der Waals surface area contributed by atoms with Crippen LogP contribution in [0.2, 0.25) is 0 Å². The van der Waals surface area contributed by atoms with E-state index in [1.165, 1.54) is 12.8 Å². The number of ether oxygens (including phenoxy) is 2. The van der Waals surface area contributed by atoms with E-state index in [0.717, 1.165) is 38.2 Å². The van der Waals surface area contributed by atoms with Gasteiger partial charge in [-0.25, -0.2) is 0 Å². The second kappa shape index (κ2) is 6.42. The molecular formula is C16H21ClF2N2O2. The molecule has 4 rings (SSSR count). The summed E-state index contributed by atoms with van der Waals surface area (Å²) in [7, 11) is 0. The Morgan fingerprint density at radius 1 is 1.22 bits per heavy atom. The van der Waals surface area contributed by atoms with Crippen LogP contribution in [0.15, 0.2) is 18.2 Å². The van der Waals surface area contributed by atoms with Crippen molar-refractivity contribution < 1.29 is 18.3 Å². The first-order chi connectivity index (χ1) is 10.6. The Kier molecular flexibility index (Phi) is 4.67. The second-order valence-corrected chi connectivity index (χ2v) is 6.32. The number of benzene rings is 1. The Morgan fingerprint density at radius 3 is 2.65 bits per heavy atom. The van der Waals surface area contributed by atoms with Crippen LogP contribution in [0.4, 0.5) is 8.78 Å². The number of hydrogen-bond donors (Lipinski definition) is 1. The molecule has 0 radical (unpaired) electrons. The molecule has 128 valence electrons. The molecule has 4 nitrogen and oxygen atoms in total. The third kappa shape index (κ3) is 3.54. The van der Waals surface area contributed by atoms with Crippen LogP contribution in [-0.2, 0) is 0 Å². The van der Waals surface area contributed by atoms with Crippen LogP contribution >= 0.6 is 12.4 Å². The van der Waals surface area contributed by atoms with Crippen molar-refractivity contribution in [1.82, 2.24) is 10.2 Å². The molecular weight excluding hydrogens is 326 g/mol. The van der Waals surface area contributed by atoms with Crippen molar-refractivity contribution in [3.63, 3.8) is 0 Å². The second-order valence-electron chi connectivity index (χ2n) is 6.32. The van der Waals surface area contributed by atoms with Gasteiger partial charge in [0.15, 0.2) is 11.5 Å². The summed E-state index contributed by atoms with van der Waals surface area (Å²) in [5, 5.41) is 3.34. The van der Waals surface area contributed by atoms with Crippen molar-refractivity contribution >= 4 is 12.4 Å². The summed E-state index contributed by atoms with van der Waals surface area (Å²) in [6, 6.07) is 5.35. The predicted molar refractivity (Wildman–Crippen MR) is 84.4 cm³/mol. The summed E-state index contributed by atoms with van der Waals surface area (Å²) in [6.07, 6.45) is -0.0618. The monoisotopic (exact) mass is 346 g/mol. The van der Waals surface area contributed by atoms with Gasteiger partial charge < -0.3 is 14.8 Å². The molecule has 0 spiro atoms. The first-order valence-corrected chi connectivity index (χ1v) is 7.96. The first-order valence-electron chi connectivity index (χ1n) is 7.96. The quantitative estimate of drug-likeness (QED) is 0.908. The molecule has 23 heavy (non-hydrogen) atoms. The van der Waals surface area contributed by atoms with Crippen LogP contribution in [0.25, 0.3) is 0 Å². The largest absolute Gasteiger partial charge is 0.586 e. The zero-order chi connectivity index (χ0) is 15.2. The van der Waals surface area contributed by atoms with Gasteiger partial charge in [0.05, 0.1) is 0 Å². The van der Waals surface area contributed by atoms with Crippen LogP contribution in [0, 0.1) is 5.92 Å². The summed E-state index contributed by atoms with van der Waals surface area (Å²) < 4.78 is 36.3. The molecule has 1 aromatic carbocycles. The van der Waals surface area contributed by atoms with Gasteiger partial charge in [-0.15, -0.1) is 21.2 Å². The molecule has 1 aliphatic carbocycles. The number of fused-ring (bicyclic) bond motifs is 1. The molecule has 1 aromatic rings. The number of nitrogens with one attached hydrogen (secondary N) is 1. The molecule has 0 amide bonds. The van der Waals surface area contributed by atoms with Crippen LogP contribution < -0.4 is 14.8 Å². The fourth-order valence-electron chi connectivity index (χ4n) is 3.39. The summed E-state index contributed by atoms with van der Waals surface area (Å²) >= 11 is 0. The minimum atomic E-state index is -3.55. The molecule has 2 heterocycles. The number of halogens is 3. The lowest BCUT2D eigenvalue weighted by atomic mass is 9.97. The van der Waals surface area contributed by atoms with E-state index in [-0.39, 0.29) is 29.9 Å². The minimum Gasteiger partial charge on any atom is -0.395 e. The molecule has 1 atom stereocenters. The maximum atomic E-state index is 13.4. The van der Waals surface area contributed by atoms with E-state index in [2.05, 4.69) is 15.0 Å². The van der Waals surface area contributed by atoms with Crippen molar-refractivity contribution in [3.05, 3.63) is 23.8 Å². The maximum Gasteiger partial charge on any atom is 0.586 e. The van der Waals surface area contributed by atoms with Crippen LogP contribution in [0.5, 0.6) is 11.5 Å². The summed E-state index contributed by atoms with van der Waals surface area (Å²) in [6.45, 7) is 3.73. The third-order valence-corrected chi connectivity index (χ3v) is 4.66. The van der Waals surface area contributed by atoms with Crippen LogP contribution in [0.3, 0.4) is 0 Å². The fraction of sp³-hybridized carbons (Fsp3) is 0.625.